The Morgan fingerprint density at radius 1 is 1.47 bits per heavy atom. The average molecular weight is 303 g/mol. The van der Waals surface area contributed by atoms with Crippen LogP contribution >= 0.6 is 11.8 Å². The highest BCUT2D eigenvalue weighted by atomic mass is 32.2. The predicted octanol–water partition coefficient (Wildman–Crippen LogP) is 1.36. The van der Waals surface area contributed by atoms with Gasteiger partial charge in [-0.1, -0.05) is 0 Å². The summed E-state index contributed by atoms with van der Waals surface area (Å²) in [6, 6.07) is 5.02. The smallest absolute Gasteiger partial charge is 0.240 e. The zero-order chi connectivity index (χ0) is 14.6. The Hall–Kier alpha value is -0.920. The molecule has 0 fully saturated rings. The lowest BCUT2D eigenvalue weighted by molar-refractivity contribution is 0.588. The highest BCUT2D eigenvalue weighted by molar-refractivity contribution is 7.98. The molecular formula is C12H21N3O2S2. The van der Waals surface area contributed by atoms with Gasteiger partial charge in [-0.15, -0.1) is 0 Å². The molecule has 0 bridgehead atoms. The van der Waals surface area contributed by atoms with E-state index >= 15 is 0 Å². The summed E-state index contributed by atoms with van der Waals surface area (Å²) in [5, 5.41) is 0. The fourth-order valence-electron chi connectivity index (χ4n) is 1.70. The first-order valence-corrected chi connectivity index (χ1v) is 8.76. The van der Waals surface area contributed by atoms with E-state index in [-0.39, 0.29) is 10.9 Å². The number of hydrogen-bond acceptors (Lipinski definition) is 5. The van der Waals surface area contributed by atoms with Crippen molar-refractivity contribution in [2.75, 3.05) is 36.7 Å². The number of thioether (sulfide) groups is 1. The largest absolute Gasteiger partial charge is 0.397 e. The Morgan fingerprint density at radius 3 is 2.63 bits per heavy atom. The van der Waals surface area contributed by atoms with E-state index in [9.17, 15) is 8.42 Å². The van der Waals surface area contributed by atoms with Gasteiger partial charge >= 0.3 is 0 Å². The summed E-state index contributed by atoms with van der Waals surface area (Å²) in [6.45, 7) is 2.08. The molecule has 108 valence electrons. The Kier molecular flexibility index (Phi) is 5.51. The number of hydrogen-bond donors (Lipinski definition) is 2. The molecule has 1 atom stereocenters. The molecule has 0 spiro atoms. The van der Waals surface area contributed by atoms with Crippen LogP contribution in [0.4, 0.5) is 11.4 Å². The number of anilines is 2. The van der Waals surface area contributed by atoms with Crippen LogP contribution in [0.1, 0.15) is 6.92 Å². The van der Waals surface area contributed by atoms with Crippen LogP contribution in [0.3, 0.4) is 0 Å². The molecule has 1 rings (SSSR count). The molecule has 5 nitrogen and oxygen atoms in total. The van der Waals surface area contributed by atoms with Crippen LogP contribution in [-0.2, 0) is 10.0 Å². The zero-order valence-corrected chi connectivity index (χ0v) is 13.3. The number of nitrogens with two attached hydrogens (primary N) is 1. The first-order valence-electron chi connectivity index (χ1n) is 5.88. The molecule has 0 radical (unpaired) electrons. The zero-order valence-electron chi connectivity index (χ0n) is 11.7. The van der Waals surface area contributed by atoms with E-state index in [1.54, 1.807) is 23.9 Å². The molecule has 19 heavy (non-hydrogen) atoms. The lowest BCUT2D eigenvalue weighted by atomic mass is 10.2. The van der Waals surface area contributed by atoms with Crippen molar-refractivity contribution < 1.29 is 8.42 Å². The fraction of sp³-hybridized carbons (Fsp3) is 0.500. The van der Waals surface area contributed by atoms with E-state index in [0.29, 0.717) is 5.69 Å². The number of nitrogen functional groups attached to an aromatic ring is 1. The van der Waals surface area contributed by atoms with Crippen LogP contribution in [0.25, 0.3) is 0 Å². The summed E-state index contributed by atoms with van der Waals surface area (Å²) in [7, 11) is -0.133. The molecule has 0 aliphatic carbocycles. The summed E-state index contributed by atoms with van der Waals surface area (Å²) in [5.74, 6) is 0.943. The van der Waals surface area contributed by atoms with E-state index < -0.39 is 10.0 Å². The minimum atomic E-state index is -3.45. The van der Waals surface area contributed by atoms with E-state index in [2.05, 4.69) is 11.6 Å². The highest BCUT2D eigenvalue weighted by Gasteiger charge is 2.17. The molecular weight excluding hydrogens is 282 g/mol. The summed E-state index contributed by atoms with van der Waals surface area (Å²) in [5.41, 5.74) is 7.25. The number of nitrogens with zero attached hydrogens (tertiary/aromatic N) is 1. The van der Waals surface area contributed by atoms with Gasteiger partial charge in [0.2, 0.25) is 10.0 Å². The van der Waals surface area contributed by atoms with Crippen molar-refractivity contribution in [2.45, 2.75) is 17.9 Å². The van der Waals surface area contributed by atoms with Crippen molar-refractivity contribution in [1.82, 2.24) is 4.72 Å². The van der Waals surface area contributed by atoms with Gasteiger partial charge in [-0.25, -0.2) is 13.1 Å². The Morgan fingerprint density at radius 2 is 2.11 bits per heavy atom. The standard InChI is InChI=1S/C12H21N3O2S2/c1-9(8-18-4)15(3)12-7-10(5-6-11(12)13)19(16,17)14-2/h5-7,9,14H,8,13H2,1-4H3. The first kappa shape index (κ1) is 16.1. The number of nitrogens with one attached hydrogen (secondary N) is 1. The molecule has 7 heteroatoms. The monoisotopic (exact) mass is 303 g/mol. The minimum Gasteiger partial charge on any atom is -0.397 e. The maximum atomic E-state index is 11.8. The van der Waals surface area contributed by atoms with Crippen molar-refractivity contribution in [3.63, 3.8) is 0 Å². The van der Waals surface area contributed by atoms with Crippen LogP contribution < -0.4 is 15.4 Å². The molecule has 1 aromatic rings. The van der Waals surface area contributed by atoms with Crippen molar-refractivity contribution in [2.24, 2.45) is 0 Å². The van der Waals surface area contributed by atoms with Crippen molar-refractivity contribution in [3.05, 3.63) is 18.2 Å². The molecule has 1 aromatic carbocycles. The fourth-order valence-corrected chi connectivity index (χ4v) is 3.16. The second kappa shape index (κ2) is 6.49. The van der Waals surface area contributed by atoms with Crippen LogP contribution in [0.2, 0.25) is 0 Å². The van der Waals surface area contributed by atoms with Gasteiger partial charge < -0.3 is 10.6 Å². The molecule has 0 aliphatic rings. The van der Waals surface area contributed by atoms with Crippen LogP contribution in [0, 0.1) is 0 Å². The van der Waals surface area contributed by atoms with E-state index in [1.165, 1.54) is 13.1 Å². The summed E-state index contributed by atoms with van der Waals surface area (Å²) in [4.78, 5) is 2.22. The highest BCUT2D eigenvalue weighted by Crippen LogP contribution is 2.27. The van der Waals surface area contributed by atoms with E-state index in [4.69, 9.17) is 5.73 Å². The van der Waals surface area contributed by atoms with Crippen molar-refractivity contribution >= 4 is 33.2 Å². The van der Waals surface area contributed by atoms with Gasteiger partial charge in [0, 0.05) is 18.8 Å². The van der Waals surface area contributed by atoms with Crippen molar-refractivity contribution in [3.8, 4) is 0 Å². The van der Waals surface area contributed by atoms with Crippen LogP contribution in [-0.4, -0.2) is 40.6 Å². The number of sulfonamides is 1. The maximum Gasteiger partial charge on any atom is 0.240 e. The van der Waals surface area contributed by atoms with Gasteiger partial charge in [0.1, 0.15) is 0 Å². The minimum absolute atomic E-state index is 0.224. The average Bonchev–Trinajstić information content (AvgIpc) is 2.38. The second-order valence-corrected chi connectivity index (χ2v) is 7.14. The topological polar surface area (TPSA) is 75.4 Å². The van der Waals surface area contributed by atoms with Gasteiger partial charge in [-0.05, 0) is 38.4 Å². The molecule has 0 aromatic heterocycles. The lowest BCUT2D eigenvalue weighted by Gasteiger charge is -2.28. The van der Waals surface area contributed by atoms with Crippen LogP contribution in [0.5, 0.6) is 0 Å². The Balaban J connectivity index is 3.18. The Bertz CT molecular complexity index is 532. The van der Waals surface area contributed by atoms with Gasteiger partial charge in [0.15, 0.2) is 0 Å². The molecule has 0 heterocycles. The molecule has 3 N–H and O–H groups in total. The van der Waals surface area contributed by atoms with Crippen molar-refractivity contribution in [1.29, 1.82) is 0 Å². The molecule has 1 unspecified atom stereocenters. The van der Waals surface area contributed by atoms with Gasteiger partial charge in [0.25, 0.3) is 0 Å². The van der Waals surface area contributed by atoms with E-state index in [1.807, 2.05) is 18.2 Å². The summed E-state index contributed by atoms with van der Waals surface area (Å²) < 4.78 is 25.9. The molecule has 0 saturated carbocycles. The lowest BCUT2D eigenvalue weighted by Crippen LogP contribution is -2.31. The van der Waals surface area contributed by atoms with Gasteiger partial charge in [-0.3, -0.25) is 0 Å². The normalized spacial score (nSPS) is 13.3. The quantitative estimate of drug-likeness (QED) is 0.776. The molecule has 0 saturated heterocycles. The Labute approximate surface area is 119 Å². The molecule has 0 amide bonds. The summed E-state index contributed by atoms with van der Waals surface area (Å²) >= 11 is 1.74. The first-order chi connectivity index (χ1) is 8.83. The third-order valence-corrected chi connectivity index (χ3v) is 5.26. The number of rotatable bonds is 6. The predicted molar refractivity (Wildman–Crippen MR) is 83.3 cm³/mol. The van der Waals surface area contributed by atoms with E-state index in [0.717, 1.165) is 11.4 Å². The maximum absolute atomic E-state index is 11.8. The van der Waals surface area contributed by atoms with Crippen LogP contribution in [0.15, 0.2) is 23.1 Å². The third-order valence-electron chi connectivity index (χ3n) is 3.03. The third kappa shape index (κ3) is 3.77. The van der Waals surface area contributed by atoms with Gasteiger partial charge in [-0.2, -0.15) is 11.8 Å². The van der Waals surface area contributed by atoms with Gasteiger partial charge in [0.05, 0.1) is 16.3 Å². The number of benzene rings is 1. The SMILES string of the molecule is CNS(=O)(=O)c1ccc(N)c(N(C)C(C)CSC)c1. The summed E-state index contributed by atoms with van der Waals surface area (Å²) in [6.07, 6.45) is 2.04. The molecule has 0 aliphatic heterocycles. The second-order valence-electron chi connectivity index (χ2n) is 4.34.